The first-order chi connectivity index (χ1) is 8.99. The summed E-state index contributed by atoms with van der Waals surface area (Å²) < 4.78 is 0. The number of allylic oxidation sites excluding steroid dienone is 2. The minimum atomic E-state index is -0.876. The second kappa shape index (κ2) is 7.74. The van der Waals surface area contributed by atoms with Crippen LogP contribution < -0.4 is 5.32 Å². The first kappa shape index (κ1) is 15.4. The summed E-state index contributed by atoms with van der Waals surface area (Å²) in [5, 5.41) is 12.3. The minimum Gasteiger partial charge on any atom is -0.478 e. The quantitative estimate of drug-likeness (QED) is 0.737. The van der Waals surface area contributed by atoms with Crippen molar-refractivity contribution in [3.8, 4) is 0 Å². The highest BCUT2D eigenvalue weighted by molar-refractivity contribution is 5.87. The summed E-state index contributed by atoms with van der Waals surface area (Å²) >= 11 is 0. The third-order valence-corrected chi connectivity index (χ3v) is 2.98. The first-order valence-electron chi connectivity index (χ1n) is 6.68. The monoisotopic (exact) mass is 261 g/mol. The molecule has 1 rings (SSSR count). The van der Waals surface area contributed by atoms with Gasteiger partial charge in [0.25, 0.3) is 0 Å². The maximum Gasteiger partial charge on any atom is 0.335 e. The smallest absolute Gasteiger partial charge is 0.335 e. The molecule has 0 radical (unpaired) electrons. The number of carbonyl (C=O) groups is 1. The molecule has 0 aliphatic rings. The number of rotatable bonds is 7. The Morgan fingerprint density at radius 3 is 2.79 bits per heavy atom. The number of carboxylic acids is 1. The summed E-state index contributed by atoms with van der Waals surface area (Å²) in [6, 6.07) is 7.49. The number of hydrogen-bond acceptors (Lipinski definition) is 2. The van der Waals surface area contributed by atoms with Gasteiger partial charge >= 0.3 is 5.97 Å². The topological polar surface area (TPSA) is 49.3 Å². The van der Waals surface area contributed by atoms with Crippen molar-refractivity contribution in [3.63, 3.8) is 0 Å². The summed E-state index contributed by atoms with van der Waals surface area (Å²) in [5.41, 5.74) is 2.70. The molecule has 1 atom stereocenters. The third kappa shape index (κ3) is 6.20. The fourth-order valence-electron chi connectivity index (χ4n) is 1.83. The fourth-order valence-corrected chi connectivity index (χ4v) is 1.83. The van der Waals surface area contributed by atoms with Crippen molar-refractivity contribution < 1.29 is 9.90 Å². The van der Waals surface area contributed by atoms with Gasteiger partial charge in [-0.25, -0.2) is 4.79 Å². The molecule has 1 aromatic rings. The molecule has 1 unspecified atom stereocenters. The van der Waals surface area contributed by atoms with Crippen molar-refractivity contribution in [2.75, 3.05) is 0 Å². The van der Waals surface area contributed by atoms with Gasteiger partial charge in [-0.3, -0.25) is 0 Å². The second-order valence-corrected chi connectivity index (χ2v) is 5.15. The van der Waals surface area contributed by atoms with Crippen LogP contribution in [-0.4, -0.2) is 17.1 Å². The molecule has 0 aliphatic heterocycles. The molecule has 2 N–H and O–H groups in total. The van der Waals surface area contributed by atoms with Crippen molar-refractivity contribution in [1.29, 1.82) is 0 Å². The lowest BCUT2D eigenvalue weighted by atomic mass is 10.1. The number of benzene rings is 1. The lowest BCUT2D eigenvalue weighted by Crippen LogP contribution is -2.25. The Morgan fingerprint density at radius 2 is 2.16 bits per heavy atom. The standard InChI is InChI=1S/C16H23NO2/c1-12(2)6-4-7-13(3)17-11-14-8-5-9-15(10-14)16(18)19/h5-6,8-10,13,17H,4,7,11H2,1-3H3,(H,18,19). The zero-order valence-corrected chi connectivity index (χ0v) is 11.9. The van der Waals surface area contributed by atoms with Gasteiger partial charge in [-0.15, -0.1) is 0 Å². The van der Waals surface area contributed by atoms with E-state index in [1.165, 1.54) is 5.57 Å². The maximum absolute atomic E-state index is 10.9. The molecule has 0 bridgehead atoms. The van der Waals surface area contributed by atoms with Gasteiger partial charge in [0.2, 0.25) is 0 Å². The van der Waals surface area contributed by atoms with Gasteiger partial charge in [-0.05, 0) is 51.3 Å². The first-order valence-corrected chi connectivity index (χ1v) is 6.68. The number of hydrogen-bond donors (Lipinski definition) is 2. The fraction of sp³-hybridized carbons (Fsp3) is 0.438. The van der Waals surface area contributed by atoms with Crippen molar-refractivity contribution in [3.05, 3.63) is 47.0 Å². The van der Waals surface area contributed by atoms with E-state index >= 15 is 0 Å². The van der Waals surface area contributed by atoms with Crippen molar-refractivity contribution >= 4 is 5.97 Å². The van der Waals surface area contributed by atoms with Gasteiger partial charge in [0, 0.05) is 12.6 Å². The van der Waals surface area contributed by atoms with Crippen LogP contribution in [0.25, 0.3) is 0 Å². The van der Waals surface area contributed by atoms with Crippen LogP contribution in [0.3, 0.4) is 0 Å². The Kier molecular flexibility index (Phi) is 6.30. The lowest BCUT2D eigenvalue weighted by Gasteiger charge is -2.13. The third-order valence-electron chi connectivity index (χ3n) is 2.98. The molecule has 0 aliphatic carbocycles. The van der Waals surface area contributed by atoms with Crippen LogP contribution in [0, 0.1) is 0 Å². The van der Waals surface area contributed by atoms with Crippen LogP contribution in [-0.2, 0) is 6.54 Å². The maximum atomic E-state index is 10.9. The van der Waals surface area contributed by atoms with E-state index in [1.807, 2.05) is 6.07 Å². The van der Waals surface area contributed by atoms with E-state index in [0.717, 1.165) is 18.4 Å². The molecule has 0 saturated carbocycles. The minimum absolute atomic E-state index is 0.344. The summed E-state index contributed by atoms with van der Waals surface area (Å²) in [4.78, 5) is 10.9. The van der Waals surface area contributed by atoms with E-state index in [4.69, 9.17) is 5.11 Å². The summed E-state index contributed by atoms with van der Waals surface area (Å²) in [7, 11) is 0. The van der Waals surface area contributed by atoms with Crippen molar-refractivity contribution in [1.82, 2.24) is 5.32 Å². The number of nitrogens with one attached hydrogen (secondary N) is 1. The van der Waals surface area contributed by atoms with Gasteiger partial charge in [-0.2, -0.15) is 0 Å². The molecule has 0 fully saturated rings. The number of aromatic carboxylic acids is 1. The average molecular weight is 261 g/mol. The molecule has 19 heavy (non-hydrogen) atoms. The summed E-state index contributed by atoms with van der Waals surface area (Å²) in [5.74, 6) is -0.876. The molecule has 3 nitrogen and oxygen atoms in total. The Labute approximate surface area is 115 Å². The largest absolute Gasteiger partial charge is 0.478 e. The van der Waals surface area contributed by atoms with Gasteiger partial charge in [0.1, 0.15) is 0 Å². The zero-order chi connectivity index (χ0) is 14.3. The summed E-state index contributed by atoms with van der Waals surface area (Å²) in [6.45, 7) is 7.07. The van der Waals surface area contributed by atoms with Crippen LogP contribution in [0.2, 0.25) is 0 Å². The average Bonchev–Trinajstić information content (AvgIpc) is 2.36. The highest BCUT2D eigenvalue weighted by atomic mass is 16.4. The van der Waals surface area contributed by atoms with Gasteiger partial charge in [0.05, 0.1) is 5.56 Å². The van der Waals surface area contributed by atoms with Crippen LogP contribution in [0.15, 0.2) is 35.9 Å². The van der Waals surface area contributed by atoms with Crippen molar-refractivity contribution in [2.24, 2.45) is 0 Å². The molecule has 3 heteroatoms. The van der Waals surface area contributed by atoms with Crippen LogP contribution in [0.4, 0.5) is 0 Å². The Balaban J connectivity index is 2.41. The number of carboxylic acid groups (broad SMARTS) is 1. The van der Waals surface area contributed by atoms with E-state index in [-0.39, 0.29) is 0 Å². The van der Waals surface area contributed by atoms with E-state index in [1.54, 1.807) is 18.2 Å². The van der Waals surface area contributed by atoms with E-state index in [0.29, 0.717) is 18.2 Å². The molecule has 0 spiro atoms. The SMILES string of the molecule is CC(C)=CCCC(C)NCc1cccc(C(=O)O)c1. The highest BCUT2D eigenvalue weighted by Crippen LogP contribution is 2.07. The summed E-state index contributed by atoms with van der Waals surface area (Å²) in [6.07, 6.45) is 4.40. The van der Waals surface area contributed by atoms with Crippen LogP contribution in [0.1, 0.15) is 49.5 Å². The molecule has 0 heterocycles. The molecule has 104 valence electrons. The molecular formula is C16H23NO2. The van der Waals surface area contributed by atoms with Crippen LogP contribution >= 0.6 is 0 Å². The molecular weight excluding hydrogens is 238 g/mol. The van der Waals surface area contributed by atoms with Crippen molar-refractivity contribution in [2.45, 2.75) is 46.2 Å². The van der Waals surface area contributed by atoms with E-state index < -0.39 is 5.97 Å². The van der Waals surface area contributed by atoms with E-state index in [2.05, 4.69) is 32.2 Å². The predicted octanol–water partition coefficient (Wildman–Crippen LogP) is 3.61. The predicted molar refractivity (Wildman–Crippen MR) is 78.4 cm³/mol. The zero-order valence-electron chi connectivity index (χ0n) is 11.9. The molecule has 0 saturated heterocycles. The van der Waals surface area contributed by atoms with Gasteiger partial charge in [-0.1, -0.05) is 23.8 Å². The Hall–Kier alpha value is -1.61. The molecule has 0 aromatic heterocycles. The van der Waals surface area contributed by atoms with E-state index in [9.17, 15) is 4.79 Å². The lowest BCUT2D eigenvalue weighted by molar-refractivity contribution is 0.0696. The highest BCUT2D eigenvalue weighted by Gasteiger charge is 2.04. The molecule has 1 aromatic carbocycles. The van der Waals surface area contributed by atoms with Gasteiger partial charge in [0.15, 0.2) is 0 Å². The Morgan fingerprint density at radius 1 is 1.42 bits per heavy atom. The van der Waals surface area contributed by atoms with Crippen LogP contribution in [0.5, 0.6) is 0 Å². The normalized spacial score (nSPS) is 11.9. The van der Waals surface area contributed by atoms with Gasteiger partial charge < -0.3 is 10.4 Å². The Bertz CT molecular complexity index is 448. The molecule has 0 amide bonds. The second-order valence-electron chi connectivity index (χ2n) is 5.15.